The molecule has 2 aromatic carbocycles. The summed E-state index contributed by atoms with van der Waals surface area (Å²) >= 11 is 0. The highest BCUT2D eigenvalue weighted by Crippen LogP contribution is 2.22. The van der Waals surface area contributed by atoms with Gasteiger partial charge in [0.15, 0.2) is 0 Å². The first-order valence-corrected chi connectivity index (χ1v) is 7.41. The largest absolute Gasteiger partial charge is 0.493 e. The van der Waals surface area contributed by atoms with E-state index in [-0.39, 0.29) is 0 Å². The van der Waals surface area contributed by atoms with E-state index in [1.165, 1.54) is 24.0 Å². The van der Waals surface area contributed by atoms with Crippen LogP contribution in [0.2, 0.25) is 0 Å². The Hall–Kier alpha value is -1.80. The highest BCUT2D eigenvalue weighted by molar-refractivity contribution is 5.63. The molecule has 1 fully saturated rings. The molecule has 0 radical (unpaired) electrons. The van der Waals surface area contributed by atoms with Gasteiger partial charge in [0.1, 0.15) is 5.75 Å². The zero-order valence-corrected chi connectivity index (χ0v) is 11.7. The van der Waals surface area contributed by atoms with Crippen molar-refractivity contribution in [1.82, 2.24) is 5.32 Å². The molecule has 0 spiro atoms. The van der Waals surface area contributed by atoms with E-state index < -0.39 is 0 Å². The van der Waals surface area contributed by atoms with Crippen molar-refractivity contribution in [3.8, 4) is 16.9 Å². The molecule has 0 unspecified atom stereocenters. The third kappa shape index (κ3) is 3.40. The number of nitrogens with one attached hydrogen (secondary N) is 1. The van der Waals surface area contributed by atoms with Crippen LogP contribution in [-0.2, 0) is 0 Å². The molecule has 1 atom stereocenters. The molecular formula is C18H21NO. The quantitative estimate of drug-likeness (QED) is 0.911. The van der Waals surface area contributed by atoms with Crippen molar-refractivity contribution in [2.75, 3.05) is 19.7 Å². The molecule has 2 heteroatoms. The Morgan fingerprint density at radius 2 is 1.70 bits per heavy atom. The lowest BCUT2D eigenvalue weighted by molar-refractivity contribution is 0.218. The van der Waals surface area contributed by atoms with E-state index in [2.05, 4.69) is 53.8 Å². The fraction of sp³-hybridized carbons (Fsp3) is 0.333. The summed E-state index contributed by atoms with van der Waals surface area (Å²) in [6.45, 7) is 3.06. The molecule has 1 heterocycles. The SMILES string of the molecule is c1ccc(-c2ccc(OC[C@@H]3CCCNC3)cc2)cc1. The summed E-state index contributed by atoms with van der Waals surface area (Å²) in [5.74, 6) is 1.62. The van der Waals surface area contributed by atoms with E-state index >= 15 is 0 Å². The van der Waals surface area contributed by atoms with Crippen LogP contribution in [-0.4, -0.2) is 19.7 Å². The van der Waals surface area contributed by atoms with Gasteiger partial charge in [-0.1, -0.05) is 42.5 Å². The van der Waals surface area contributed by atoms with Crippen LogP contribution in [0.3, 0.4) is 0 Å². The minimum Gasteiger partial charge on any atom is -0.493 e. The number of hydrogen-bond acceptors (Lipinski definition) is 2. The molecule has 20 heavy (non-hydrogen) atoms. The number of ether oxygens (including phenoxy) is 1. The van der Waals surface area contributed by atoms with Crippen molar-refractivity contribution in [3.05, 3.63) is 54.6 Å². The summed E-state index contributed by atoms with van der Waals surface area (Å²) in [6.07, 6.45) is 2.54. The third-order valence-corrected chi connectivity index (χ3v) is 3.85. The molecule has 1 saturated heterocycles. The molecule has 3 rings (SSSR count). The van der Waals surface area contributed by atoms with Crippen molar-refractivity contribution in [1.29, 1.82) is 0 Å². The summed E-state index contributed by atoms with van der Waals surface area (Å²) in [6, 6.07) is 18.8. The summed E-state index contributed by atoms with van der Waals surface area (Å²) in [4.78, 5) is 0. The summed E-state index contributed by atoms with van der Waals surface area (Å²) in [5.41, 5.74) is 2.48. The van der Waals surface area contributed by atoms with Gasteiger partial charge in [-0.15, -0.1) is 0 Å². The van der Waals surface area contributed by atoms with Crippen molar-refractivity contribution < 1.29 is 4.74 Å². The van der Waals surface area contributed by atoms with Crippen LogP contribution in [0.5, 0.6) is 5.75 Å². The van der Waals surface area contributed by atoms with Gasteiger partial charge in [-0.2, -0.15) is 0 Å². The first-order valence-electron chi connectivity index (χ1n) is 7.41. The number of piperidine rings is 1. The van der Waals surface area contributed by atoms with E-state index in [1.807, 2.05) is 6.07 Å². The topological polar surface area (TPSA) is 21.3 Å². The first kappa shape index (κ1) is 13.2. The lowest BCUT2D eigenvalue weighted by atomic mass is 10.0. The van der Waals surface area contributed by atoms with Gasteiger partial charge in [0.25, 0.3) is 0 Å². The van der Waals surface area contributed by atoms with Crippen LogP contribution in [0, 0.1) is 5.92 Å². The molecule has 2 aromatic rings. The van der Waals surface area contributed by atoms with Gasteiger partial charge in [-0.25, -0.2) is 0 Å². The zero-order valence-electron chi connectivity index (χ0n) is 11.7. The molecule has 104 valence electrons. The second-order valence-corrected chi connectivity index (χ2v) is 5.41. The maximum absolute atomic E-state index is 5.90. The summed E-state index contributed by atoms with van der Waals surface area (Å²) in [5, 5.41) is 3.42. The molecule has 0 bridgehead atoms. The van der Waals surface area contributed by atoms with Crippen LogP contribution in [0.4, 0.5) is 0 Å². The zero-order chi connectivity index (χ0) is 13.6. The highest BCUT2D eigenvalue weighted by atomic mass is 16.5. The Bertz CT molecular complexity index is 515. The predicted octanol–water partition coefficient (Wildman–Crippen LogP) is 3.73. The fourth-order valence-electron chi connectivity index (χ4n) is 2.65. The number of hydrogen-bond donors (Lipinski definition) is 1. The predicted molar refractivity (Wildman–Crippen MR) is 83.0 cm³/mol. The monoisotopic (exact) mass is 267 g/mol. The molecule has 1 N–H and O–H groups in total. The average molecular weight is 267 g/mol. The molecule has 0 aromatic heterocycles. The molecule has 0 aliphatic carbocycles. The first-order chi connectivity index (χ1) is 9.92. The normalized spacial score (nSPS) is 18.7. The Balaban J connectivity index is 1.58. The van der Waals surface area contributed by atoms with E-state index in [4.69, 9.17) is 4.74 Å². The van der Waals surface area contributed by atoms with Crippen LogP contribution in [0.25, 0.3) is 11.1 Å². The fourth-order valence-corrected chi connectivity index (χ4v) is 2.65. The Kier molecular flexibility index (Phi) is 4.34. The molecule has 2 nitrogen and oxygen atoms in total. The maximum atomic E-state index is 5.90. The van der Waals surface area contributed by atoms with Gasteiger partial charge in [-0.3, -0.25) is 0 Å². The van der Waals surface area contributed by atoms with Gasteiger partial charge < -0.3 is 10.1 Å². The molecule has 0 amide bonds. The standard InChI is InChI=1S/C18H21NO/c1-2-6-16(7-3-1)17-8-10-18(11-9-17)20-14-15-5-4-12-19-13-15/h1-3,6-11,15,19H,4-5,12-14H2/t15-/m1/s1. The van der Waals surface area contributed by atoms with Crippen LogP contribution in [0.1, 0.15) is 12.8 Å². The molecule has 0 saturated carbocycles. The van der Waals surface area contributed by atoms with Gasteiger partial charge >= 0.3 is 0 Å². The second-order valence-electron chi connectivity index (χ2n) is 5.41. The van der Waals surface area contributed by atoms with Crippen molar-refractivity contribution in [3.63, 3.8) is 0 Å². The molecule has 1 aliphatic heterocycles. The van der Waals surface area contributed by atoms with Gasteiger partial charge in [0, 0.05) is 12.5 Å². The lowest BCUT2D eigenvalue weighted by Crippen LogP contribution is -2.33. The van der Waals surface area contributed by atoms with E-state index in [0.29, 0.717) is 5.92 Å². The van der Waals surface area contributed by atoms with Crippen molar-refractivity contribution in [2.45, 2.75) is 12.8 Å². The van der Waals surface area contributed by atoms with Gasteiger partial charge in [-0.05, 0) is 42.6 Å². The van der Waals surface area contributed by atoms with E-state index in [0.717, 1.165) is 25.4 Å². The smallest absolute Gasteiger partial charge is 0.119 e. The van der Waals surface area contributed by atoms with Gasteiger partial charge in [0.05, 0.1) is 6.61 Å². The van der Waals surface area contributed by atoms with Crippen LogP contribution >= 0.6 is 0 Å². The minimum absolute atomic E-state index is 0.651. The van der Waals surface area contributed by atoms with E-state index in [1.54, 1.807) is 0 Å². The Labute approximate surface area is 120 Å². The third-order valence-electron chi connectivity index (χ3n) is 3.85. The van der Waals surface area contributed by atoms with Crippen LogP contribution < -0.4 is 10.1 Å². The second kappa shape index (κ2) is 6.58. The summed E-state index contributed by atoms with van der Waals surface area (Å²) in [7, 11) is 0. The average Bonchev–Trinajstić information content (AvgIpc) is 2.55. The highest BCUT2D eigenvalue weighted by Gasteiger charge is 2.13. The maximum Gasteiger partial charge on any atom is 0.119 e. The van der Waals surface area contributed by atoms with Crippen LogP contribution in [0.15, 0.2) is 54.6 Å². The summed E-state index contributed by atoms with van der Waals surface area (Å²) < 4.78 is 5.90. The Morgan fingerprint density at radius 1 is 0.950 bits per heavy atom. The number of rotatable bonds is 4. The van der Waals surface area contributed by atoms with Crippen molar-refractivity contribution >= 4 is 0 Å². The molecular weight excluding hydrogens is 246 g/mol. The Morgan fingerprint density at radius 3 is 2.40 bits per heavy atom. The van der Waals surface area contributed by atoms with Gasteiger partial charge in [0.2, 0.25) is 0 Å². The number of benzene rings is 2. The minimum atomic E-state index is 0.651. The molecule has 1 aliphatic rings. The van der Waals surface area contributed by atoms with Crippen molar-refractivity contribution in [2.24, 2.45) is 5.92 Å². The van der Waals surface area contributed by atoms with E-state index in [9.17, 15) is 0 Å². The lowest BCUT2D eigenvalue weighted by Gasteiger charge is -2.22.